The number of hydrogen-bond acceptors (Lipinski definition) is 2. The molecule has 0 atom stereocenters. The maximum Gasteiger partial charge on any atom is 0.119 e. The van der Waals surface area contributed by atoms with E-state index in [0.717, 1.165) is 36.0 Å². The SMILES string of the molecule is COc1ccc2c(c1)c(C1(CCO)CC1)c(C)n2Cc1ccc(Br)cc1. The fourth-order valence-corrected chi connectivity index (χ4v) is 4.49. The average molecular weight is 414 g/mol. The third kappa shape index (κ3) is 2.95. The van der Waals surface area contributed by atoms with Crippen molar-refractivity contribution in [2.75, 3.05) is 13.7 Å². The van der Waals surface area contributed by atoms with Gasteiger partial charge < -0.3 is 14.4 Å². The number of halogens is 1. The molecule has 26 heavy (non-hydrogen) atoms. The number of hydrogen-bond donors (Lipinski definition) is 1. The van der Waals surface area contributed by atoms with Gasteiger partial charge in [0.2, 0.25) is 0 Å². The maximum atomic E-state index is 9.60. The number of rotatable bonds is 6. The predicted octanol–water partition coefficient (Wildman–Crippen LogP) is 5.18. The van der Waals surface area contributed by atoms with Crippen LogP contribution in [-0.2, 0) is 12.0 Å². The molecule has 136 valence electrons. The molecule has 4 heteroatoms. The highest BCUT2D eigenvalue weighted by atomic mass is 79.9. The number of aliphatic hydroxyl groups excluding tert-OH is 1. The summed E-state index contributed by atoms with van der Waals surface area (Å²) < 4.78 is 8.99. The zero-order chi connectivity index (χ0) is 18.3. The van der Waals surface area contributed by atoms with Crippen molar-refractivity contribution in [1.82, 2.24) is 4.57 Å². The lowest BCUT2D eigenvalue weighted by Gasteiger charge is -2.16. The Balaban J connectivity index is 1.87. The zero-order valence-electron chi connectivity index (χ0n) is 15.3. The van der Waals surface area contributed by atoms with Gasteiger partial charge in [0.05, 0.1) is 7.11 Å². The molecule has 0 bridgehead atoms. The fraction of sp³-hybridized carbons (Fsp3) is 0.364. The molecule has 0 unspecified atom stereocenters. The molecule has 1 N–H and O–H groups in total. The van der Waals surface area contributed by atoms with E-state index < -0.39 is 0 Å². The van der Waals surface area contributed by atoms with Crippen molar-refractivity contribution < 1.29 is 9.84 Å². The van der Waals surface area contributed by atoms with Gasteiger partial charge in [-0.3, -0.25) is 0 Å². The van der Waals surface area contributed by atoms with Gasteiger partial charge in [0.25, 0.3) is 0 Å². The smallest absolute Gasteiger partial charge is 0.119 e. The van der Waals surface area contributed by atoms with E-state index in [-0.39, 0.29) is 12.0 Å². The molecule has 1 aliphatic carbocycles. The number of benzene rings is 2. The first kappa shape index (κ1) is 17.6. The summed E-state index contributed by atoms with van der Waals surface area (Å²) in [5, 5.41) is 10.9. The van der Waals surface area contributed by atoms with Crippen LogP contribution in [0.2, 0.25) is 0 Å². The Bertz CT molecular complexity index is 939. The fourth-order valence-electron chi connectivity index (χ4n) is 4.22. The standard InChI is InChI=1S/C22H24BrNO2/c1-15-21(22(9-10-22)11-12-25)19-13-18(26-2)7-8-20(19)24(15)14-16-3-5-17(23)6-4-16/h3-8,13,25H,9-12,14H2,1-2H3. The minimum Gasteiger partial charge on any atom is -0.497 e. The molecule has 1 fully saturated rings. The van der Waals surface area contributed by atoms with Crippen molar-refractivity contribution in [3.63, 3.8) is 0 Å². The van der Waals surface area contributed by atoms with Crippen LogP contribution < -0.4 is 4.74 Å². The van der Waals surface area contributed by atoms with Crippen molar-refractivity contribution in [2.45, 2.75) is 38.1 Å². The van der Waals surface area contributed by atoms with E-state index in [9.17, 15) is 5.11 Å². The number of methoxy groups -OCH3 is 1. The van der Waals surface area contributed by atoms with Gasteiger partial charge in [0.15, 0.2) is 0 Å². The lowest BCUT2D eigenvalue weighted by molar-refractivity contribution is 0.271. The van der Waals surface area contributed by atoms with Gasteiger partial charge in [-0.25, -0.2) is 0 Å². The highest BCUT2D eigenvalue weighted by Gasteiger charge is 2.46. The van der Waals surface area contributed by atoms with E-state index in [1.165, 1.54) is 27.7 Å². The van der Waals surface area contributed by atoms with E-state index in [4.69, 9.17) is 4.74 Å². The third-order valence-corrected chi connectivity index (χ3v) is 6.29. The van der Waals surface area contributed by atoms with Crippen molar-refractivity contribution in [3.8, 4) is 5.75 Å². The van der Waals surface area contributed by atoms with Crippen LogP contribution in [0.25, 0.3) is 10.9 Å². The van der Waals surface area contributed by atoms with Crippen molar-refractivity contribution in [1.29, 1.82) is 0 Å². The predicted molar refractivity (Wildman–Crippen MR) is 109 cm³/mol. The van der Waals surface area contributed by atoms with Gasteiger partial charge in [-0.05, 0) is 73.1 Å². The minimum atomic E-state index is 0.133. The Hall–Kier alpha value is -1.78. The molecule has 1 saturated carbocycles. The topological polar surface area (TPSA) is 34.4 Å². The molecule has 1 aliphatic rings. The van der Waals surface area contributed by atoms with Crippen LogP contribution in [0.4, 0.5) is 0 Å². The molecule has 4 rings (SSSR count). The lowest BCUT2D eigenvalue weighted by atomic mass is 9.90. The van der Waals surface area contributed by atoms with Crippen molar-refractivity contribution >= 4 is 26.8 Å². The highest BCUT2D eigenvalue weighted by Crippen LogP contribution is 2.55. The van der Waals surface area contributed by atoms with E-state index in [1.54, 1.807) is 7.11 Å². The Morgan fingerprint density at radius 1 is 1.15 bits per heavy atom. The molecule has 3 aromatic rings. The average Bonchev–Trinajstić information content (AvgIpc) is 3.36. The molecule has 0 spiro atoms. The molecular weight excluding hydrogens is 390 g/mol. The Morgan fingerprint density at radius 3 is 2.50 bits per heavy atom. The maximum absolute atomic E-state index is 9.60. The monoisotopic (exact) mass is 413 g/mol. The molecule has 1 heterocycles. The van der Waals surface area contributed by atoms with Gasteiger partial charge in [0, 0.05) is 34.2 Å². The first-order chi connectivity index (χ1) is 12.6. The van der Waals surface area contributed by atoms with Gasteiger partial charge in [-0.1, -0.05) is 28.1 Å². The summed E-state index contributed by atoms with van der Waals surface area (Å²) in [5.74, 6) is 0.888. The van der Waals surface area contributed by atoms with Crippen LogP contribution in [0.15, 0.2) is 46.9 Å². The van der Waals surface area contributed by atoms with Crippen molar-refractivity contribution in [2.24, 2.45) is 0 Å². The van der Waals surface area contributed by atoms with Crippen molar-refractivity contribution in [3.05, 3.63) is 63.8 Å². The summed E-state index contributed by atoms with van der Waals surface area (Å²) in [6.45, 7) is 3.30. The number of nitrogens with zero attached hydrogens (tertiary/aromatic N) is 1. The quantitative estimate of drug-likeness (QED) is 0.603. The first-order valence-corrected chi connectivity index (χ1v) is 9.90. The normalized spacial score (nSPS) is 15.4. The Morgan fingerprint density at radius 2 is 1.88 bits per heavy atom. The van der Waals surface area contributed by atoms with Gasteiger partial charge in [-0.2, -0.15) is 0 Å². The molecule has 0 radical (unpaired) electrons. The Labute approximate surface area is 162 Å². The molecule has 0 saturated heterocycles. The second-order valence-corrected chi connectivity index (χ2v) is 8.23. The summed E-state index contributed by atoms with van der Waals surface area (Å²) in [4.78, 5) is 0. The zero-order valence-corrected chi connectivity index (χ0v) is 16.8. The number of aliphatic hydroxyl groups is 1. The summed E-state index contributed by atoms with van der Waals surface area (Å²) in [7, 11) is 1.72. The number of aromatic nitrogens is 1. The van der Waals surface area contributed by atoms with E-state index >= 15 is 0 Å². The van der Waals surface area contributed by atoms with Crippen LogP contribution in [0.5, 0.6) is 5.75 Å². The number of fused-ring (bicyclic) bond motifs is 1. The van der Waals surface area contributed by atoms with Gasteiger partial charge in [0.1, 0.15) is 5.75 Å². The van der Waals surface area contributed by atoms with Crippen LogP contribution >= 0.6 is 15.9 Å². The molecule has 3 nitrogen and oxygen atoms in total. The molecular formula is C22H24BrNO2. The van der Waals surface area contributed by atoms with E-state index in [1.807, 2.05) is 6.07 Å². The second-order valence-electron chi connectivity index (χ2n) is 7.31. The van der Waals surface area contributed by atoms with Crippen LogP contribution in [0, 0.1) is 6.92 Å². The Kier molecular flexibility index (Phi) is 4.57. The van der Waals surface area contributed by atoms with Crippen LogP contribution in [0.3, 0.4) is 0 Å². The van der Waals surface area contributed by atoms with Crippen LogP contribution in [0.1, 0.15) is 36.1 Å². The molecule has 1 aromatic heterocycles. The summed E-state index contributed by atoms with van der Waals surface area (Å²) in [6, 6.07) is 14.9. The molecule has 0 aliphatic heterocycles. The van der Waals surface area contributed by atoms with E-state index in [2.05, 4.69) is 63.8 Å². The minimum absolute atomic E-state index is 0.133. The molecule has 2 aromatic carbocycles. The summed E-state index contributed by atoms with van der Waals surface area (Å²) in [6.07, 6.45) is 3.15. The lowest BCUT2D eigenvalue weighted by Crippen LogP contribution is -2.11. The second kappa shape index (κ2) is 6.75. The molecule has 0 amide bonds. The largest absolute Gasteiger partial charge is 0.497 e. The summed E-state index contributed by atoms with van der Waals surface area (Å²) in [5.41, 5.74) is 5.36. The third-order valence-electron chi connectivity index (χ3n) is 5.76. The van der Waals surface area contributed by atoms with Crippen LogP contribution in [-0.4, -0.2) is 23.4 Å². The van der Waals surface area contributed by atoms with Gasteiger partial charge in [-0.15, -0.1) is 0 Å². The first-order valence-electron chi connectivity index (χ1n) is 9.10. The van der Waals surface area contributed by atoms with Gasteiger partial charge >= 0.3 is 0 Å². The highest BCUT2D eigenvalue weighted by molar-refractivity contribution is 9.10. The number of ether oxygens (including phenoxy) is 1. The summed E-state index contributed by atoms with van der Waals surface area (Å²) >= 11 is 3.51. The van der Waals surface area contributed by atoms with E-state index in [0.29, 0.717) is 0 Å².